The van der Waals surface area contributed by atoms with E-state index in [1.807, 2.05) is 6.92 Å². The van der Waals surface area contributed by atoms with Crippen LogP contribution in [0, 0.1) is 20.8 Å². The molecule has 0 aliphatic heterocycles. The Morgan fingerprint density at radius 2 is 1.65 bits per heavy atom. The summed E-state index contributed by atoms with van der Waals surface area (Å²) in [5, 5.41) is 3.38. The molecule has 11 heteroatoms. The predicted molar refractivity (Wildman–Crippen MR) is 132 cm³/mol. The molecule has 0 saturated carbocycles. The van der Waals surface area contributed by atoms with E-state index in [4.69, 9.17) is 0 Å². The minimum absolute atomic E-state index is 0.0199. The van der Waals surface area contributed by atoms with Gasteiger partial charge in [-0.05, 0) is 82.3 Å². The smallest absolute Gasteiger partial charge is 0.264 e. The predicted octanol–water partition coefficient (Wildman–Crippen LogP) is 3.60. The highest BCUT2D eigenvalue weighted by Crippen LogP contribution is 2.25. The second-order valence-electron chi connectivity index (χ2n) is 8.16. The highest BCUT2D eigenvalue weighted by Gasteiger charge is 2.18. The number of nitrogens with one attached hydrogen (secondary N) is 2. The van der Waals surface area contributed by atoms with Crippen molar-refractivity contribution in [1.29, 1.82) is 0 Å². The Hall–Kier alpha value is -3.05. The van der Waals surface area contributed by atoms with Crippen LogP contribution < -0.4 is 10.0 Å². The summed E-state index contributed by atoms with van der Waals surface area (Å²) in [6, 6.07) is 7.68. The second kappa shape index (κ2) is 10.1. The number of benzene rings is 1. The number of nitrogens with zero attached hydrogens (tertiary/aromatic N) is 4. The fourth-order valence-corrected chi connectivity index (χ4v) is 5.47. The number of carbonyl (C=O) groups excluding carboxylic acids is 1. The Kier molecular flexibility index (Phi) is 7.13. The molecule has 0 saturated heterocycles. The molecular formula is C23H26N6O3S2. The summed E-state index contributed by atoms with van der Waals surface area (Å²) in [6.45, 7) is 5.52. The molecular weight excluding hydrogens is 472 g/mol. The molecule has 4 rings (SSSR count). The maximum Gasteiger partial charge on any atom is 0.264 e. The molecule has 1 aliphatic carbocycles. The van der Waals surface area contributed by atoms with Crippen LogP contribution in [0.2, 0.25) is 0 Å². The maximum atomic E-state index is 12.7. The fourth-order valence-electron chi connectivity index (χ4n) is 3.81. The molecule has 0 unspecified atom stereocenters. The highest BCUT2D eigenvalue weighted by atomic mass is 32.2. The van der Waals surface area contributed by atoms with Gasteiger partial charge >= 0.3 is 0 Å². The number of sulfonamides is 1. The summed E-state index contributed by atoms with van der Waals surface area (Å²) < 4.78 is 27.7. The average Bonchev–Trinajstić information content (AvgIpc) is 2.77. The van der Waals surface area contributed by atoms with E-state index >= 15 is 0 Å². The summed E-state index contributed by atoms with van der Waals surface area (Å²) in [5.74, 6) is -0.0444. The van der Waals surface area contributed by atoms with Crippen LogP contribution in [0.4, 0.5) is 11.6 Å². The first-order valence-electron chi connectivity index (χ1n) is 10.9. The molecule has 9 nitrogen and oxygen atoms in total. The van der Waals surface area contributed by atoms with Crippen molar-refractivity contribution in [3.05, 3.63) is 58.7 Å². The lowest BCUT2D eigenvalue weighted by Crippen LogP contribution is -2.17. The Morgan fingerprint density at radius 3 is 2.35 bits per heavy atom. The van der Waals surface area contributed by atoms with Crippen molar-refractivity contribution in [1.82, 2.24) is 19.9 Å². The fraction of sp³-hybridized carbons (Fsp3) is 0.348. The van der Waals surface area contributed by atoms with Gasteiger partial charge in [-0.25, -0.2) is 33.1 Å². The van der Waals surface area contributed by atoms with Gasteiger partial charge in [0.05, 0.1) is 10.6 Å². The minimum atomic E-state index is -3.86. The van der Waals surface area contributed by atoms with Gasteiger partial charge in [0.25, 0.3) is 10.0 Å². The summed E-state index contributed by atoms with van der Waals surface area (Å²) in [5.41, 5.74) is 5.15. The van der Waals surface area contributed by atoms with E-state index in [-0.39, 0.29) is 22.5 Å². The molecule has 2 aromatic heterocycles. The van der Waals surface area contributed by atoms with E-state index in [2.05, 4.69) is 30.0 Å². The third kappa shape index (κ3) is 5.89. The molecule has 0 spiro atoms. The third-order valence-electron chi connectivity index (χ3n) is 5.36. The van der Waals surface area contributed by atoms with Crippen LogP contribution >= 0.6 is 11.8 Å². The first-order valence-corrected chi connectivity index (χ1v) is 13.4. The Bertz CT molecular complexity index is 1310. The Labute approximate surface area is 203 Å². The summed E-state index contributed by atoms with van der Waals surface area (Å²) in [4.78, 5) is 29.8. The monoisotopic (exact) mass is 498 g/mol. The first kappa shape index (κ1) is 24.1. The molecule has 0 radical (unpaired) electrons. The molecule has 1 amide bonds. The van der Waals surface area contributed by atoms with Crippen LogP contribution in [0.25, 0.3) is 0 Å². The van der Waals surface area contributed by atoms with E-state index < -0.39 is 10.0 Å². The van der Waals surface area contributed by atoms with Crippen molar-refractivity contribution in [2.24, 2.45) is 0 Å². The van der Waals surface area contributed by atoms with Gasteiger partial charge in [-0.2, -0.15) is 0 Å². The Morgan fingerprint density at radius 1 is 0.971 bits per heavy atom. The number of carbonyl (C=O) groups is 1. The summed E-state index contributed by atoms with van der Waals surface area (Å²) >= 11 is 1.29. The number of hydrogen-bond acceptors (Lipinski definition) is 8. The number of anilines is 2. The van der Waals surface area contributed by atoms with Crippen LogP contribution in [-0.4, -0.2) is 40.0 Å². The zero-order valence-electron chi connectivity index (χ0n) is 19.3. The quantitative estimate of drug-likeness (QED) is 0.374. The van der Waals surface area contributed by atoms with Crippen LogP contribution in [0.5, 0.6) is 0 Å². The van der Waals surface area contributed by atoms with Crippen molar-refractivity contribution in [2.45, 2.75) is 56.5 Å². The zero-order chi connectivity index (χ0) is 24.3. The Balaban J connectivity index is 1.36. The van der Waals surface area contributed by atoms with Gasteiger partial charge < -0.3 is 5.32 Å². The summed E-state index contributed by atoms with van der Waals surface area (Å²) in [6.07, 6.45) is 4.28. The molecule has 178 valence electrons. The van der Waals surface area contributed by atoms with Crippen molar-refractivity contribution < 1.29 is 13.2 Å². The number of hydrogen-bond donors (Lipinski definition) is 2. The molecule has 0 bridgehead atoms. The molecule has 1 aromatic carbocycles. The lowest BCUT2D eigenvalue weighted by Gasteiger charge is -2.17. The molecule has 0 atom stereocenters. The van der Waals surface area contributed by atoms with Gasteiger partial charge in [0.2, 0.25) is 11.9 Å². The standard InChI is InChI=1S/C23H26N6O3S2/c1-14-12-15(2)25-22(24-14)29-34(31,32)18-10-8-17(9-11-18)27-21(30)13-33-23-26-16(3)19-6-4-5-7-20(19)28-23/h8-12H,4-7,13H2,1-3H3,(H,27,30)(H,24,25,29). The number of thioether (sulfide) groups is 1. The van der Waals surface area contributed by atoms with E-state index in [1.165, 1.54) is 35.9 Å². The first-order chi connectivity index (χ1) is 16.2. The molecule has 2 N–H and O–H groups in total. The molecule has 3 aromatic rings. The van der Waals surface area contributed by atoms with E-state index in [0.717, 1.165) is 30.7 Å². The summed E-state index contributed by atoms with van der Waals surface area (Å²) in [7, 11) is -3.86. The molecule has 1 aliphatic rings. The second-order valence-corrected chi connectivity index (χ2v) is 10.8. The SMILES string of the molecule is Cc1cc(C)nc(NS(=O)(=O)c2ccc(NC(=O)CSc3nc(C)c4c(n3)CCCC4)cc2)n1. The molecule has 2 heterocycles. The number of amides is 1. The van der Waals surface area contributed by atoms with E-state index in [0.29, 0.717) is 22.2 Å². The number of aryl methyl sites for hydroxylation is 4. The van der Waals surface area contributed by atoms with Gasteiger partial charge in [0.15, 0.2) is 5.16 Å². The number of aromatic nitrogens is 4. The average molecular weight is 499 g/mol. The largest absolute Gasteiger partial charge is 0.325 e. The maximum absolute atomic E-state index is 12.7. The van der Waals surface area contributed by atoms with Crippen molar-refractivity contribution in [2.75, 3.05) is 15.8 Å². The van der Waals surface area contributed by atoms with Gasteiger partial charge in [0.1, 0.15) is 0 Å². The number of rotatable bonds is 7. The molecule has 34 heavy (non-hydrogen) atoms. The van der Waals surface area contributed by atoms with E-state index in [9.17, 15) is 13.2 Å². The minimum Gasteiger partial charge on any atom is -0.325 e. The van der Waals surface area contributed by atoms with Crippen LogP contribution in [0.15, 0.2) is 40.4 Å². The highest BCUT2D eigenvalue weighted by molar-refractivity contribution is 7.99. The van der Waals surface area contributed by atoms with E-state index in [1.54, 1.807) is 32.0 Å². The van der Waals surface area contributed by atoms with Crippen molar-refractivity contribution in [3.63, 3.8) is 0 Å². The lowest BCUT2D eigenvalue weighted by molar-refractivity contribution is -0.113. The van der Waals surface area contributed by atoms with Gasteiger partial charge in [-0.1, -0.05) is 11.8 Å². The zero-order valence-corrected chi connectivity index (χ0v) is 20.9. The van der Waals surface area contributed by atoms with Gasteiger partial charge in [-0.15, -0.1) is 0 Å². The van der Waals surface area contributed by atoms with Crippen LogP contribution in [0.3, 0.4) is 0 Å². The lowest BCUT2D eigenvalue weighted by atomic mass is 9.95. The molecule has 0 fully saturated rings. The van der Waals surface area contributed by atoms with Crippen molar-refractivity contribution >= 4 is 39.3 Å². The van der Waals surface area contributed by atoms with Gasteiger partial charge in [0, 0.05) is 28.5 Å². The van der Waals surface area contributed by atoms with Crippen molar-refractivity contribution in [3.8, 4) is 0 Å². The third-order valence-corrected chi connectivity index (χ3v) is 7.55. The van der Waals surface area contributed by atoms with Crippen LogP contribution in [0.1, 0.15) is 41.2 Å². The number of fused-ring (bicyclic) bond motifs is 1. The van der Waals surface area contributed by atoms with Gasteiger partial charge in [-0.3, -0.25) is 4.79 Å². The normalized spacial score (nSPS) is 13.3. The van der Waals surface area contributed by atoms with Crippen LogP contribution in [-0.2, 0) is 27.7 Å². The topological polar surface area (TPSA) is 127 Å².